The summed E-state index contributed by atoms with van der Waals surface area (Å²) in [4.78, 5) is -0.361. The summed E-state index contributed by atoms with van der Waals surface area (Å²) in [5.41, 5.74) is 1.23. The Morgan fingerprint density at radius 3 is 2.14 bits per heavy atom. The van der Waals surface area contributed by atoms with Crippen molar-refractivity contribution in [2.45, 2.75) is 11.8 Å². The molecule has 22 heavy (non-hydrogen) atoms. The number of aryl methyl sites for hydroxylation is 1. The molecule has 0 amide bonds. The Labute approximate surface area is 139 Å². The summed E-state index contributed by atoms with van der Waals surface area (Å²) in [5, 5.41) is 9.79. The van der Waals surface area contributed by atoms with Crippen molar-refractivity contribution in [3.05, 3.63) is 68.5 Å². The Morgan fingerprint density at radius 1 is 1.09 bits per heavy atom. The van der Waals surface area contributed by atoms with Crippen LogP contribution in [0.5, 0.6) is 0 Å². The Hall–Kier alpha value is -1.80. The largest absolute Gasteiger partial charge is 0.218 e. The highest BCUT2D eigenvalue weighted by atomic mass is 35.5. The number of nitrogens with zero attached hydrogens (tertiary/aromatic N) is 1. The predicted molar refractivity (Wildman–Crippen MR) is 88.4 cm³/mol. The van der Waals surface area contributed by atoms with Crippen molar-refractivity contribution in [1.82, 2.24) is 0 Å². The highest BCUT2D eigenvalue weighted by Gasteiger charge is 2.21. The molecule has 2 aromatic carbocycles. The van der Waals surface area contributed by atoms with Crippen LogP contribution in [0.25, 0.3) is 6.08 Å². The van der Waals surface area contributed by atoms with Gasteiger partial charge in [0.25, 0.3) is 0 Å². The highest BCUT2D eigenvalue weighted by Crippen LogP contribution is 2.29. The standard InChI is InChI=1S/C16H11Cl2NO2S/c1-11-5-7-12(8-6-11)22(20,21)13(10-19)9-14-15(17)3-2-4-16(14)18/h2-9H,1H3/b13-9-. The van der Waals surface area contributed by atoms with Crippen molar-refractivity contribution in [2.24, 2.45) is 0 Å². The molecule has 0 saturated carbocycles. The van der Waals surface area contributed by atoms with Crippen molar-refractivity contribution >= 4 is 39.1 Å². The summed E-state index contributed by atoms with van der Waals surface area (Å²) >= 11 is 12.0. The summed E-state index contributed by atoms with van der Waals surface area (Å²) < 4.78 is 25.0. The van der Waals surface area contributed by atoms with Crippen LogP contribution in [0.1, 0.15) is 11.1 Å². The lowest BCUT2D eigenvalue weighted by Gasteiger charge is -2.05. The molecule has 2 aromatic rings. The first-order chi connectivity index (χ1) is 10.4. The van der Waals surface area contributed by atoms with Crippen LogP contribution in [0.3, 0.4) is 0 Å². The van der Waals surface area contributed by atoms with E-state index in [0.717, 1.165) is 5.56 Å². The molecule has 2 rings (SSSR count). The van der Waals surface area contributed by atoms with Crippen molar-refractivity contribution in [3.63, 3.8) is 0 Å². The van der Waals surface area contributed by atoms with Crippen molar-refractivity contribution in [3.8, 4) is 6.07 Å². The molecule has 0 bridgehead atoms. The maximum atomic E-state index is 12.5. The van der Waals surface area contributed by atoms with Crippen LogP contribution < -0.4 is 0 Å². The maximum Gasteiger partial charge on any atom is 0.216 e. The second-order valence-electron chi connectivity index (χ2n) is 4.57. The lowest BCUT2D eigenvalue weighted by Crippen LogP contribution is -2.03. The molecular weight excluding hydrogens is 341 g/mol. The molecule has 0 aromatic heterocycles. The summed E-state index contributed by atoms with van der Waals surface area (Å²) in [6, 6.07) is 12.8. The van der Waals surface area contributed by atoms with E-state index >= 15 is 0 Å². The Kier molecular flexibility index (Phi) is 4.92. The quantitative estimate of drug-likeness (QED) is 0.756. The third-order valence-corrected chi connectivity index (χ3v) is 5.35. The van der Waals surface area contributed by atoms with Crippen molar-refractivity contribution < 1.29 is 8.42 Å². The average Bonchev–Trinajstić information content (AvgIpc) is 2.47. The number of halogens is 2. The molecular formula is C16H11Cl2NO2S. The van der Waals surface area contributed by atoms with E-state index in [2.05, 4.69) is 0 Å². The summed E-state index contributed by atoms with van der Waals surface area (Å²) in [6.45, 7) is 1.85. The van der Waals surface area contributed by atoms with Crippen LogP contribution in [0.2, 0.25) is 10.0 Å². The van der Waals surface area contributed by atoms with E-state index < -0.39 is 14.7 Å². The molecule has 0 heterocycles. The lowest BCUT2D eigenvalue weighted by molar-refractivity contribution is 0.603. The SMILES string of the molecule is Cc1ccc(S(=O)(=O)/C(C#N)=C\c2c(Cl)cccc2Cl)cc1. The topological polar surface area (TPSA) is 57.9 Å². The van der Waals surface area contributed by atoms with Gasteiger partial charge in [0.05, 0.1) is 4.90 Å². The molecule has 6 heteroatoms. The van der Waals surface area contributed by atoms with E-state index in [4.69, 9.17) is 23.2 Å². The number of hydrogen-bond acceptors (Lipinski definition) is 3. The monoisotopic (exact) mass is 351 g/mol. The van der Waals surface area contributed by atoms with E-state index in [1.54, 1.807) is 36.4 Å². The molecule has 0 fully saturated rings. The third-order valence-electron chi connectivity index (χ3n) is 3.01. The predicted octanol–water partition coefficient (Wildman–Crippen LogP) is 4.64. The van der Waals surface area contributed by atoms with E-state index in [0.29, 0.717) is 5.56 Å². The molecule has 0 aliphatic rings. The van der Waals surface area contributed by atoms with Gasteiger partial charge in [-0.15, -0.1) is 0 Å². The summed E-state index contributed by atoms with van der Waals surface area (Å²) in [5.74, 6) is 0. The van der Waals surface area contributed by atoms with Crippen LogP contribution in [0.4, 0.5) is 0 Å². The third kappa shape index (κ3) is 3.33. The molecule has 0 aliphatic heterocycles. The molecule has 3 nitrogen and oxygen atoms in total. The van der Waals surface area contributed by atoms with Gasteiger partial charge < -0.3 is 0 Å². The number of sulfone groups is 1. The number of benzene rings is 2. The number of nitriles is 1. The normalized spacial score (nSPS) is 12.0. The smallest absolute Gasteiger partial charge is 0.216 e. The van der Waals surface area contributed by atoms with Crippen LogP contribution in [-0.2, 0) is 9.84 Å². The molecule has 0 radical (unpaired) electrons. The first kappa shape index (κ1) is 16.6. The molecule has 0 aliphatic carbocycles. The van der Waals surface area contributed by atoms with Gasteiger partial charge in [0, 0.05) is 15.6 Å². The van der Waals surface area contributed by atoms with E-state index in [1.165, 1.54) is 18.2 Å². The van der Waals surface area contributed by atoms with E-state index in [1.807, 2.05) is 6.92 Å². The van der Waals surface area contributed by atoms with Gasteiger partial charge in [0.1, 0.15) is 11.0 Å². The molecule has 0 atom stereocenters. The maximum absolute atomic E-state index is 12.5. The minimum Gasteiger partial charge on any atom is -0.218 e. The number of rotatable bonds is 3. The van der Waals surface area contributed by atoms with Gasteiger partial charge in [-0.25, -0.2) is 8.42 Å². The van der Waals surface area contributed by atoms with Crippen LogP contribution in [-0.4, -0.2) is 8.42 Å². The first-order valence-corrected chi connectivity index (χ1v) is 8.47. The highest BCUT2D eigenvalue weighted by molar-refractivity contribution is 7.95. The van der Waals surface area contributed by atoms with Crippen molar-refractivity contribution in [2.75, 3.05) is 0 Å². The van der Waals surface area contributed by atoms with Gasteiger partial charge in [-0.05, 0) is 37.3 Å². The molecule has 0 spiro atoms. The van der Waals surface area contributed by atoms with Gasteiger partial charge in [0.15, 0.2) is 0 Å². The second-order valence-corrected chi connectivity index (χ2v) is 7.30. The Bertz CT molecular complexity index is 859. The first-order valence-electron chi connectivity index (χ1n) is 6.24. The second kappa shape index (κ2) is 6.53. The number of hydrogen-bond donors (Lipinski definition) is 0. The summed E-state index contributed by atoms with van der Waals surface area (Å²) in [7, 11) is -3.92. The van der Waals surface area contributed by atoms with Gasteiger partial charge >= 0.3 is 0 Å². The fourth-order valence-corrected chi connectivity index (χ4v) is 3.44. The van der Waals surface area contributed by atoms with E-state index in [-0.39, 0.29) is 14.9 Å². The Balaban J connectivity index is 2.59. The number of allylic oxidation sites excluding steroid dienone is 1. The van der Waals surface area contributed by atoms with Gasteiger partial charge in [-0.1, -0.05) is 47.0 Å². The minimum atomic E-state index is -3.92. The lowest BCUT2D eigenvalue weighted by atomic mass is 10.2. The van der Waals surface area contributed by atoms with Crippen LogP contribution in [0.15, 0.2) is 52.3 Å². The zero-order valence-corrected chi connectivity index (χ0v) is 13.9. The fourth-order valence-electron chi connectivity index (χ4n) is 1.79. The van der Waals surface area contributed by atoms with E-state index in [9.17, 15) is 13.7 Å². The zero-order chi connectivity index (χ0) is 16.3. The molecule has 112 valence electrons. The molecule has 0 unspecified atom stereocenters. The molecule has 0 N–H and O–H groups in total. The average molecular weight is 352 g/mol. The van der Waals surface area contributed by atoms with Crippen molar-refractivity contribution in [1.29, 1.82) is 5.26 Å². The van der Waals surface area contributed by atoms with Crippen LogP contribution in [0, 0.1) is 18.3 Å². The zero-order valence-electron chi connectivity index (χ0n) is 11.5. The van der Waals surface area contributed by atoms with Gasteiger partial charge in [0.2, 0.25) is 9.84 Å². The van der Waals surface area contributed by atoms with Crippen LogP contribution >= 0.6 is 23.2 Å². The van der Waals surface area contributed by atoms with Gasteiger partial charge in [-0.3, -0.25) is 0 Å². The molecule has 0 saturated heterocycles. The Morgan fingerprint density at radius 2 is 1.64 bits per heavy atom. The fraction of sp³-hybridized carbons (Fsp3) is 0.0625. The minimum absolute atomic E-state index is 0.0501. The summed E-state index contributed by atoms with van der Waals surface area (Å²) in [6.07, 6.45) is 1.19. The van der Waals surface area contributed by atoms with Gasteiger partial charge in [-0.2, -0.15) is 5.26 Å².